The highest BCUT2D eigenvalue weighted by Gasteiger charge is 2.31. The third-order valence-electron chi connectivity index (χ3n) is 4.23. The van der Waals surface area contributed by atoms with Gasteiger partial charge in [-0.2, -0.15) is 5.26 Å². The molecule has 128 valence electrons. The normalized spacial score (nSPS) is 16.0. The molecule has 1 unspecified atom stereocenters. The van der Waals surface area contributed by atoms with Crippen molar-refractivity contribution in [1.82, 2.24) is 15.3 Å². The third-order valence-corrected chi connectivity index (χ3v) is 4.51. The van der Waals surface area contributed by atoms with Crippen molar-refractivity contribution in [2.75, 3.05) is 11.4 Å². The molecular weight excluding hydrogens is 382 g/mol. The summed E-state index contributed by atoms with van der Waals surface area (Å²) in [6.45, 7) is 4.70. The minimum Gasteiger partial charge on any atom is -0.353 e. The fraction of sp³-hybridized carbons (Fsp3) is 0.278. The van der Waals surface area contributed by atoms with E-state index in [0.29, 0.717) is 25.1 Å². The van der Waals surface area contributed by atoms with Gasteiger partial charge in [-0.15, -0.1) is 0 Å². The van der Waals surface area contributed by atoms with Crippen molar-refractivity contribution in [3.05, 3.63) is 58.6 Å². The SMILES string of the molecule is C=C(Br)CNC(=O)C1CCc2cc(C#N)ccc2N1Cc1cnc[nH]1. The van der Waals surface area contributed by atoms with Crippen LogP contribution >= 0.6 is 15.9 Å². The summed E-state index contributed by atoms with van der Waals surface area (Å²) in [6.07, 6.45) is 4.84. The second-order valence-corrected chi connectivity index (χ2v) is 7.07. The predicted molar refractivity (Wildman–Crippen MR) is 99.1 cm³/mol. The molecule has 1 atom stereocenters. The first-order chi connectivity index (χ1) is 12.1. The first kappa shape index (κ1) is 17.2. The molecule has 0 saturated heterocycles. The lowest BCUT2D eigenvalue weighted by Gasteiger charge is -2.37. The number of hydrogen-bond acceptors (Lipinski definition) is 4. The number of rotatable bonds is 5. The Bertz CT molecular complexity index is 824. The Kier molecular flexibility index (Phi) is 5.19. The Hall–Kier alpha value is -2.59. The number of aromatic nitrogens is 2. The summed E-state index contributed by atoms with van der Waals surface area (Å²) in [6, 6.07) is 7.51. The Morgan fingerprint density at radius 2 is 2.40 bits per heavy atom. The number of benzene rings is 1. The fourth-order valence-corrected chi connectivity index (χ4v) is 3.22. The van der Waals surface area contributed by atoms with Gasteiger partial charge in [-0.3, -0.25) is 4.79 Å². The number of fused-ring (bicyclic) bond motifs is 1. The molecule has 1 amide bonds. The number of nitrogens with one attached hydrogen (secondary N) is 2. The second-order valence-electron chi connectivity index (χ2n) is 5.95. The van der Waals surface area contributed by atoms with E-state index in [0.717, 1.165) is 27.8 Å². The highest BCUT2D eigenvalue weighted by Crippen LogP contribution is 2.32. The van der Waals surface area contributed by atoms with Gasteiger partial charge in [0.2, 0.25) is 5.91 Å². The number of aromatic amines is 1. The summed E-state index contributed by atoms with van der Waals surface area (Å²) >= 11 is 3.27. The molecule has 2 aromatic rings. The summed E-state index contributed by atoms with van der Waals surface area (Å²) in [5, 5.41) is 12.0. The molecule has 1 aliphatic heterocycles. The largest absolute Gasteiger partial charge is 0.353 e. The van der Waals surface area contributed by atoms with Crippen LogP contribution in [0.15, 0.2) is 41.8 Å². The van der Waals surface area contributed by atoms with Gasteiger partial charge in [0.25, 0.3) is 0 Å². The molecule has 25 heavy (non-hydrogen) atoms. The molecule has 2 heterocycles. The summed E-state index contributed by atoms with van der Waals surface area (Å²) in [5.74, 6) is -0.0323. The Morgan fingerprint density at radius 1 is 1.56 bits per heavy atom. The molecule has 7 heteroatoms. The number of carbonyl (C=O) groups excluding carboxylic acids is 1. The molecule has 6 nitrogen and oxygen atoms in total. The smallest absolute Gasteiger partial charge is 0.243 e. The molecule has 2 N–H and O–H groups in total. The third kappa shape index (κ3) is 3.91. The van der Waals surface area contributed by atoms with E-state index in [1.165, 1.54) is 0 Å². The number of anilines is 1. The van der Waals surface area contributed by atoms with Gasteiger partial charge in [-0.25, -0.2) is 4.98 Å². The zero-order valence-electron chi connectivity index (χ0n) is 13.6. The first-order valence-corrected chi connectivity index (χ1v) is 8.75. The van der Waals surface area contributed by atoms with Gasteiger partial charge in [0.05, 0.1) is 30.2 Å². The number of hydrogen-bond donors (Lipinski definition) is 2. The van der Waals surface area contributed by atoms with Crippen LogP contribution in [0.1, 0.15) is 23.2 Å². The van der Waals surface area contributed by atoms with Crippen molar-refractivity contribution >= 4 is 27.5 Å². The highest BCUT2D eigenvalue weighted by molar-refractivity contribution is 9.11. The minimum absolute atomic E-state index is 0.0323. The maximum atomic E-state index is 12.7. The van der Waals surface area contributed by atoms with Crippen molar-refractivity contribution in [3.8, 4) is 6.07 Å². The highest BCUT2D eigenvalue weighted by atomic mass is 79.9. The lowest BCUT2D eigenvalue weighted by Crippen LogP contribution is -2.49. The quantitative estimate of drug-likeness (QED) is 0.808. The van der Waals surface area contributed by atoms with Crippen molar-refractivity contribution in [3.63, 3.8) is 0 Å². The van der Waals surface area contributed by atoms with Crippen LogP contribution in [0.3, 0.4) is 0 Å². The van der Waals surface area contributed by atoms with E-state index in [2.05, 4.69) is 48.8 Å². The number of nitrogens with zero attached hydrogens (tertiary/aromatic N) is 3. The molecular formula is C18H18BrN5O. The van der Waals surface area contributed by atoms with E-state index < -0.39 is 0 Å². The molecule has 0 aliphatic carbocycles. The zero-order valence-corrected chi connectivity index (χ0v) is 15.2. The van der Waals surface area contributed by atoms with Crippen LogP contribution in [0.5, 0.6) is 0 Å². The second kappa shape index (κ2) is 7.53. The average molecular weight is 400 g/mol. The topological polar surface area (TPSA) is 84.8 Å². The van der Waals surface area contributed by atoms with Gasteiger partial charge >= 0.3 is 0 Å². The lowest BCUT2D eigenvalue weighted by atomic mass is 9.93. The Morgan fingerprint density at radius 3 is 3.08 bits per heavy atom. The van der Waals surface area contributed by atoms with Gasteiger partial charge in [0, 0.05) is 22.9 Å². The van der Waals surface area contributed by atoms with E-state index >= 15 is 0 Å². The monoisotopic (exact) mass is 399 g/mol. The number of aryl methyl sites for hydroxylation is 1. The van der Waals surface area contributed by atoms with Crippen LogP contribution in [0.4, 0.5) is 5.69 Å². The fourth-order valence-electron chi connectivity index (χ4n) is 3.07. The molecule has 3 rings (SSSR count). The number of amides is 1. The van der Waals surface area contributed by atoms with Crippen LogP contribution in [0.25, 0.3) is 0 Å². The molecule has 0 spiro atoms. The van der Waals surface area contributed by atoms with Crippen molar-refractivity contribution < 1.29 is 4.79 Å². The van der Waals surface area contributed by atoms with Gasteiger partial charge in [-0.05, 0) is 36.6 Å². The molecule has 1 aromatic heterocycles. The number of nitriles is 1. The number of carbonyl (C=O) groups is 1. The maximum Gasteiger partial charge on any atom is 0.243 e. The number of imidazole rings is 1. The van der Waals surface area contributed by atoms with Crippen molar-refractivity contribution in [2.45, 2.75) is 25.4 Å². The Balaban J connectivity index is 1.90. The molecule has 0 bridgehead atoms. The number of H-pyrrole nitrogens is 1. The molecule has 0 radical (unpaired) electrons. The predicted octanol–water partition coefficient (Wildman–Crippen LogP) is 2.63. The van der Waals surface area contributed by atoms with Crippen LogP contribution in [0.2, 0.25) is 0 Å². The van der Waals surface area contributed by atoms with Crippen molar-refractivity contribution in [1.29, 1.82) is 5.26 Å². The van der Waals surface area contributed by atoms with Crippen LogP contribution < -0.4 is 10.2 Å². The summed E-state index contributed by atoms with van der Waals surface area (Å²) in [4.78, 5) is 21.9. The van der Waals surface area contributed by atoms with Crippen LogP contribution in [-0.4, -0.2) is 28.5 Å². The average Bonchev–Trinajstić information content (AvgIpc) is 3.12. The van der Waals surface area contributed by atoms with E-state index in [1.54, 1.807) is 18.6 Å². The molecule has 1 aromatic carbocycles. The van der Waals surface area contributed by atoms with Gasteiger partial charge in [-0.1, -0.05) is 22.5 Å². The van der Waals surface area contributed by atoms with E-state index in [1.807, 2.05) is 12.1 Å². The van der Waals surface area contributed by atoms with Crippen LogP contribution in [0, 0.1) is 11.3 Å². The lowest BCUT2D eigenvalue weighted by molar-refractivity contribution is -0.122. The molecule has 0 fully saturated rings. The summed E-state index contributed by atoms with van der Waals surface area (Å²) < 4.78 is 0.732. The first-order valence-electron chi connectivity index (χ1n) is 7.96. The van der Waals surface area contributed by atoms with Gasteiger partial charge in [0.15, 0.2) is 0 Å². The van der Waals surface area contributed by atoms with E-state index in [4.69, 9.17) is 5.26 Å². The Labute approximate surface area is 154 Å². The summed E-state index contributed by atoms with van der Waals surface area (Å²) in [5.41, 5.74) is 3.64. The molecule has 1 aliphatic rings. The van der Waals surface area contributed by atoms with E-state index in [-0.39, 0.29) is 11.9 Å². The van der Waals surface area contributed by atoms with Crippen LogP contribution in [-0.2, 0) is 17.8 Å². The number of halogens is 1. The molecule has 0 saturated carbocycles. The van der Waals surface area contributed by atoms with Gasteiger partial charge < -0.3 is 15.2 Å². The van der Waals surface area contributed by atoms with Gasteiger partial charge in [0.1, 0.15) is 6.04 Å². The minimum atomic E-state index is -0.282. The van der Waals surface area contributed by atoms with Crippen molar-refractivity contribution in [2.24, 2.45) is 0 Å². The standard InChI is InChI=1S/C18H18BrN5O/c1-12(19)8-22-18(25)17-5-3-14-6-13(7-20)2-4-16(14)24(17)10-15-9-21-11-23-15/h2,4,6,9,11,17H,1,3,5,8,10H2,(H,21,23)(H,22,25). The van der Waals surface area contributed by atoms with E-state index in [9.17, 15) is 4.79 Å². The summed E-state index contributed by atoms with van der Waals surface area (Å²) in [7, 11) is 0. The maximum absolute atomic E-state index is 12.7. The zero-order chi connectivity index (χ0) is 17.8.